The van der Waals surface area contributed by atoms with Gasteiger partial charge in [-0.2, -0.15) is 0 Å². The van der Waals surface area contributed by atoms with E-state index >= 15 is 0 Å². The summed E-state index contributed by atoms with van der Waals surface area (Å²) in [6.07, 6.45) is -0.0148. The van der Waals surface area contributed by atoms with Gasteiger partial charge in [-0.3, -0.25) is 14.4 Å². The molecule has 2 aromatic carbocycles. The van der Waals surface area contributed by atoms with E-state index in [-0.39, 0.29) is 36.0 Å². The van der Waals surface area contributed by atoms with Crippen LogP contribution in [0.25, 0.3) is 0 Å². The molecule has 0 saturated carbocycles. The maximum Gasteiger partial charge on any atom is 0.311 e. The number of carbonyl (C=O) groups excluding carboxylic acids is 3. The van der Waals surface area contributed by atoms with Gasteiger partial charge in [0.25, 0.3) is 5.91 Å². The smallest absolute Gasteiger partial charge is 0.311 e. The second kappa shape index (κ2) is 8.75. The van der Waals surface area contributed by atoms with E-state index in [1.165, 1.54) is 24.3 Å². The molecule has 6 nitrogen and oxygen atoms in total. The van der Waals surface area contributed by atoms with Crippen LogP contribution in [0.5, 0.6) is 5.75 Å². The lowest BCUT2D eigenvalue weighted by Crippen LogP contribution is -2.33. The third-order valence-corrected chi connectivity index (χ3v) is 3.66. The molecule has 2 rings (SSSR count). The number of carbonyl (C=O) groups is 3. The second-order valence-corrected chi connectivity index (χ2v) is 5.78. The lowest BCUT2D eigenvalue weighted by molar-refractivity contribution is -0.134. The monoisotopic (exact) mass is 358 g/mol. The SMILES string of the molecule is CC(CC(=O)Oc1cccc(C(=O)NCC(N)=O)c1)c1ccccc1F. The maximum absolute atomic E-state index is 13.8. The summed E-state index contributed by atoms with van der Waals surface area (Å²) in [6, 6.07) is 12.2. The van der Waals surface area contributed by atoms with Gasteiger partial charge in [-0.15, -0.1) is 0 Å². The van der Waals surface area contributed by atoms with Crippen LogP contribution >= 0.6 is 0 Å². The molecule has 0 bridgehead atoms. The van der Waals surface area contributed by atoms with Crippen molar-refractivity contribution in [3.8, 4) is 5.75 Å². The van der Waals surface area contributed by atoms with Gasteiger partial charge in [0, 0.05) is 5.56 Å². The molecule has 0 spiro atoms. The molecule has 0 heterocycles. The maximum atomic E-state index is 13.8. The summed E-state index contributed by atoms with van der Waals surface area (Å²) in [5, 5.41) is 2.34. The Labute approximate surface area is 150 Å². The molecule has 7 heteroatoms. The fourth-order valence-electron chi connectivity index (χ4n) is 2.38. The Bertz CT molecular complexity index is 823. The zero-order valence-corrected chi connectivity index (χ0v) is 14.2. The minimum absolute atomic E-state index is 0.0148. The van der Waals surface area contributed by atoms with E-state index in [4.69, 9.17) is 10.5 Å². The minimum Gasteiger partial charge on any atom is -0.426 e. The van der Waals surface area contributed by atoms with Gasteiger partial charge in [0.1, 0.15) is 11.6 Å². The molecular weight excluding hydrogens is 339 g/mol. The quantitative estimate of drug-likeness (QED) is 0.585. The first-order chi connectivity index (χ1) is 12.4. The molecule has 26 heavy (non-hydrogen) atoms. The summed E-state index contributed by atoms with van der Waals surface area (Å²) in [4.78, 5) is 34.7. The number of esters is 1. The van der Waals surface area contributed by atoms with Crippen LogP contribution in [0.2, 0.25) is 0 Å². The number of benzene rings is 2. The highest BCUT2D eigenvalue weighted by atomic mass is 19.1. The van der Waals surface area contributed by atoms with Gasteiger partial charge < -0.3 is 15.8 Å². The zero-order chi connectivity index (χ0) is 19.1. The number of amides is 2. The molecular formula is C19H19FN2O4. The van der Waals surface area contributed by atoms with Gasteiger partial charge in [-0.05, 0) is 35.7 Å². The molecule has 2 aromatic rings. The third-order valence-electron chi connectivity index (χ3n) is 3.66. The highest BCUT2D eigenvalue weighted by Crippen LogP contribution is 2.23. The second-order valence-electron chi connectivity index (χ2n) is 5.78. The Morgan fingerprint density at radius 1 is 1.15 bits per heavy atom. The molecule has 0 aliphatic carbocycles. The standard InChI is InChI=1S/C19H19FN2O4/c1-12(15-7-2-3-8-16(15)20)9-18(24)26-14-6-4-5-13(10-14)19(25)22-11-17(21)23/h2-8,10,12H,9,11H2,1H3,(H2,21,23)(H,22,25). The summed E-state index contributed by atoms with van der Waals surface area (Å²) in [7, 11) is 0. The normalized spacial score (nSPS) is 11.5. The molecule has 1 unspecified atom stereocenters. The number of hydrogen-bond acceptors (Lipinski definition) is 4. The van der Waals surface area contributed by atoms with Crippen LogP contribution in [-0.2, 0) is 9.59 Å². The van der Waals surface area contributed by atoms with Gasteiger partial charge in [-0.25, -0.2) is 4.39 Å². The number of nitrogens with two attached hydrogens (primary N) is 1. The fourth-order valence-corrected chi connectivity index (χ4v) is 2.38. The van der Waals surface area contributed by atoms with Gasteiger partial charge in [-0.1, -0.05) is 31.2 Å². The number of primary amides is 1. The van der Waals surface area contributed by atoms with E-state index in [1.54, 1.807) is 31.2 Å². The number of hydrogen-bond donors (Lipinski definition) is 2. The molecule has 136 valence electrons. The molecule has 0 aliphatic heterocycles. The van der Waals surface area contributed by atoms with Crippen LogP contribution in [0.15, 0.2) is 48.5 Å². The molecule has 0 saturated heterocycles. The molecule has 0 aliphatic rings. The fraction of sp³-hybridized carbons (Fsp3) is 0.211. The van der Waals surface area contributed by atoms with Crippen molar-refractivity contribution in [3.05, 3.63) is 65.5 Å². The third kappa shape index (κ3) is 5.41. The summed E-state index contributed by atoms with van der Waals surface area (Å²) < 4.78 is 19.0. The van der Waals surface area contributed by atoms with Crippen molar-refractivity contribution in [3.63, 3.8) is 0 Å². The zero-order valence-electron chi connectivity index (χ0n) is 14.2. The van der Waals surface area contributed by atoms with Crippen LogP contribution in [0.3, 0.4) is 0 Å². The van der Waals surface area contributed by atoms with E-state index < -0.39 is 17.8 Å². The van der Waals surface area contributed by atoms with Gasteiger partial charge >= 0.3 is 5.97 Å². The summed E-state index contributed by atoms with van der Waals surface area (Å²) in [5.74, 6) is -2.27. The van der Waals surface area contributed by atoms with E-state index in [0.717, 1.165) is 0 Å². The van der Waals surface area contributed by atoms with Crippen molar-refractivity contribution in [2.75, 3.05) is 6.54 Å². The molecule has 3 N–H and O–H groups in total. The highest BCUT2D eigenvalue weighted by molar-refractivity contribution is 5.96. The van der Waals surface area contributed by atoms with E-state index in [1.807, 2.05) is 0 Å². The van der Waals surface area contributed by atoms with Crippen LogP contribution < -0.4 is 15.8 Å². The Balaban J connectivity index is 1.98. The molecule has 2 amide bonds. The lowest BCUT2D eigenvalue weighted by Gasteiger charge is -2.12. The molecule has 0 fully saturated rings. The van der Waals surface area contributed by atoms with Crippen molar-refractivity contribution in [2.24, 2.45) is 5.73 Å². The Morgan fingerprint density at radius 3 is 2.58 bits per heavy atom. The highest BCUT2D eigenvalue weighted by Gasteiger charge is 2.16. The van der Waals surface area contributed by atoms with Gasteiger partial charge in [0.15, 0.2) is 0 Å². The molecule has 0 aromatic heterocycles. The first kappa shape index (κ1) is 19.1. The van der Waals surface area contributed by atoms with Crippen molar-refractivity contribution < 1.29 is 23.5 Å². The Kier molecular flexibility index (Phi) is 6.43. The largest absolute Gasteiger partial charge is 0.426 e. The van der Waals surface area contributed by atoms with E-state index in [9.17, 15) is 18.8 Å². The van der Waals surface area contributed by atoms with Crippen LogP contribution in [0.4, 0.5) is 4.39 Å². The van der Waals surface area contributed by atoms with Gasteiger partial charge in [0.05, 0.1) is 13.0 Å². The minimum atomic E-state index is -0.664. The number of halogens is 1. The lowest BCUT2D eigenvalue weighted by atomic mass is 9.97. The van der Waals surface area contributed by atoms with E-state index in [0.29, 0.717) is 5.56 Å². The van der Waals surface area contributed by atoms with E-state index in [2.05, 4.69) is 5.32 Å². The van der Waals surface area contributed by atoms with Crippen molar-refractivity contribution >= 4 is 17.8 Å². The van der Waals surface area contributed by atoms with Crippen LogP contribution in [0.1, 0.15) is 35.2 Å². The topological polar surface area (TPSA) is 98.5 Å². The van der Waals surface area contributed by atoms with Crippen LogP contribution in [-0.4, -0.2) is 24.3 Å². The number of nitrogens with one attached hydrogen (secondary N) is 1. The summed E-state index contributed by atoms with van der Waals surface area (Å²) in [5.41, 5.74) is 5.63. The average molecular weight is 358 g/mol. The predicted molar refractivity (Wildman–Crippen MR) is 93.0 cm³/mol. The molecule has 1 atom stereocenters. The summed E-state index contributed by atoms with van der Waals surface area (Å²) >= 11 is 0. The predicted octanol–water partition coefficient (Wildman–Crippen LogP) is 2.14. The summed E-state index contributed by atoms with van der Waals surface area (Å²) in [6.45, 7) is 1.44. The van der Waals surface area contributed by atoms with Crippen molar-refractivity contribution in [1.82, 2.24) is 5.32 Å². The first-order valence-electron chi connectivity index (χ1n) is 7.98. The number of rotatable bonds is 7. The number of ether oxygens (including phenoxy) is 1. The van der Waals surface area contributed by atoms with Crippen molar-refractivity contribution in [1.29, 1.82) is 0 Å². The molecule has 0 radical (unpaired) electrons. The Hall–Kier alpha value is -3.22. The van der Waals surface area contributed by atoms with Crippen LogP contribution in [0, 0.1) is 5.82 Å². The Morgan fingerprint density at radius 2 is 1.88 bits per heavy atom. The first-order valence-corrected chi connectivity index (χ1v) is 7.98. The average Bonchev–Trinajstić information content (AvgIpc) is 2.60. The van der Waals surface area contributed by atoms with Crippen molar-refractivity contribution in [2.45, 2.75) is 19.3 Å². The van der Waals surface area contributed by atoms with Gasteiger partial charge in [0.2, 0.25) is 5.91 Å².